The van der Waals surface area contributed by atoms with E-state index in [1.807, 2.05) is 28.2 Å². The van der Waals surface area contributed by atoms with Crippen molar-refractivity contribution in [1.29, 1.82) is 0 Å². The summed E-state index contributed by atoms with van der Waals surface area (Å²) < 4.78 is 61.9. The molecule has 2 aromatic heterocycles. The molecule has 0 aliphatic heterocycles. The Bertz CT molecular complexity index is 1420. The number of ether oxygens (including phenoxy) is 2. The van der Waals surface area contributed by atoms with E-state index in [0.717, 1.165) is 31.1 Å². The van der Waals surface area contributed by atoms with Crippen LogP contribution in [0.5, 0.6) is 11.5 Å². The molecule has 0 unspecified atom stereocenters. The first-order chi connectivity index (χ1) is 15.3. The van der Waals surface area contributed by atoms with Crippen molar-refractivity contribution in [3.8, 4) is 11.5 Å². The summed E-state index contributed by atoms with van der Waals surface area (Å²) in [4.78, 5) is 0. The third kappa shape index (κ3) is 4.63. The maximum Gasteiger partial charge on any atom is 0.262 e. The van der Waals surface area contributed by atoms with E-state index in [1.165, 1.54) is 24.5 Å². The molecular weight excluding hydrogens is 473 g/mol. The van der Waals surface area contributed by atoms with E-state index in [0.29, 0.717) is 12.1 Å². The maximum atomic E-state index is 14.1. The summed E-state index contributed by atoms with van der Waals surface area (Å²) in [7, 11) is -1.27. The van der Waals surface area contributed by atoms with Crippen molar-refractivity contribution in [2.75, 3.05) is 20.0 Å². The number of hydrogen-bond acceptors (Lipinski definition) is 7. The van der Waals surface area contributed by atoms with Gasteiger partial charge in [0, 0.05) is 29.7 Å². The van der Waals surface area contributed by atoms with Gasteiger partial charge in [-0.05, 0) is 35.2 Å². The van der Waals surface area contributed by atoms with Crippen LogP contribution in [0.25, 0.3) is 32.5 Å². The van der Waals surface area contributed by atoms with Gasteiger partial charge in [0.05, 0.1) is 24.3 Å². The lowest BCUT2D eigenvalue weighted by atomic mass is 10.2. The van der Waals surface area contributed by atoms with E-state index < -0.39 is 21.7 Å². The molecular formula is C22H20FNO5S3. The molecule has 168 valence electrons. The van der Waals surface area contributed by atoms with Gasteiger partial charge < -0.3 is 14.0 Å². The zero-order valence-electron chi connectivity index (χ0n) is 17.3. The number of aromatic nitrogens is 1. The predicted octanol–water partition coefficient (Wildman–Crippen LogP) is 4.67. The van der Waals surface area contributed by atoms with E-state index in [2.05, 4.69) is 0 Å². The van der Waals surface area contributed by atoms with Gasteiger partial charge in [-0.3, -0.25) is 0 Å². The summed E-state index contributed by atoms with van der Waals surface area (Å²) in [6.07, 6.45) is 3.85. The third-order valence-corrected chi connectivity index (χ3v) is 7.79. The average molecular weight is 494 g/mol. The van der Waals surface area contributed by atoms with Gasteiger partial charge >= 0.3 is 0 Å². The number of aryl methyl sites for hydroxylation is 1. The van der Waals surface area contributed by atoms with Crippen LogP contribution in [0.3, 0.4) is 0 Å². The fraction of sp³-hybridized carbons (Fsp3) is 0.227. The minimum atomic E-state index is -4.30. The highest BCUT2D eigenvalue weighted by atomic mass is 32.2. The summed E-state index contributed by atoms with van der Waals surface area (Å²) in [5, 5.41) is 3.80. The van der Waals surface area contributed by atoms with Crippen molar-refractivity contribution >= 4 is 65.2 Å². The molecule has 6 nitrogen and oxygen atoms in total. The fourth-order valence-electron chi connectivity index (χ4n) is 3.54. The van der Waals surface area contributed by atoms with Gasteiger partial charge in [-0.25, -0.2) is 12.8 Å². The number of nitrogens with zero attached hydrogens (tertiary/aromatic N) is 1. The monoisotopic (exact) mass is 493 g/mol. The summed E-state index contributed by atoms with van der Waals surface area (Å²) in [5.41, 5.74) is 1.62. The number of hydrogen-bond donors (Lipinski definition) is 0. The predicted molar refractivity (Wildman–Crippen MR) is 125 cm³/mol. The van der Waals surface area contributed by atoms with Gasteiger partial charge in [-0.2, -0.15) is 4.57 Å². The molecule has 0 amide bonds. The zero-order chi connectivity index (χ0) is 22.9. The lowest BCUT2D eigenvalue weighted by molar-refractivity contribution is -0.667. The topological polar surface area (TPSA) is 79.5 Å². The summed E-state index contributed by atoms with van der Waals surface area (Å²) in [5.74, 6) is 0.0418. The SMILES string of the molecule is COc1ccc(/C=C/c2sc3cc(OC)c4ccsc4c3[n+]2CCCS(=O)(=O)[O-])cc1F. The summed E-state index contributed by atoms with van der Waals surface area (Å²) in [6, 6.07) is 8.64. The first-order valence-corrected chi connectivity index (χ1v) is 12.9. The van der Waals surface area contributed by atoms with Gasteiger partial charge in [0.1, 0.15) is 15.1 Å². The highest BCUT2D eigenvalue weighted by molar-refractivity contribution is 7.85. The second kappa shape index (κ2) is 9.14. The van der Waals surface area contributed by atoms with Gasteiger partial charge in [-0.1, -0.05) is 17.4 Å². The number of halogens is 1. The van der Waals surface area contributed by atoms with Crippen LogP contribution in [0.4, 0.5) is 4.39 Å². The fourth-order valence-corrected chi connectivity index (χ4v) is 6.19. The van der Waals surface area contributed by atoms with Crippen LogP contribution in [0.15, 0.2) is 35.7 Å². The Hall–Kier alpha value is -2.53. The van der Waals surface area contributed by atoms with Crippen LogP contribution in [-0.4, -0.2) is 32.9 Å². The molecule has 0 aliphatic carbocycles. The van der Waals surface area contributed by atoms with Crippen LogP contribution in [0, 0.1) is 5.82 Å². The molecule has 0 saturated heterocycles. The average Bonchev–Trinajstić information content (AvgIpc) is 3.35. The Morgan fingerprint density at radius 1 is 1.12 bits per heavy atom. The second-order valence-electron chi connectivity index (χ2n) is 7.02. The quantitative estimate of drug-likeness (QED) is 0.263. The Kier molecular flexibility index (Phi) is 6.47. The van der Waals surface area contributed by atoms with Crippen molar-refractivity contribution < 1.29 is 31.4 Å². The molecule has 0 fully saturated rings. The molecule has 4 rings (SSSR count). The Labute approximate surface area is 192 Å². The number of methoxy groups -OCH3 is 2. The molecule has 2 aromatic carbocycles. The van der Waals surface area contributed by atoms with E-state index in [-0.39, 0.29) is 12.2 Å². The molecule has 32 heavy (non-hydrogen) atoms. The van der Waals surface area contributed by atoms with Crippen molar-refractivity contribution in [2.24, 2.45) is 0 Å². The standard InChI is InChI=1S/C22H20FNO5S3/c1-28-17-6-4-14(12-16(17)23)5-7-20-24(9-3-11-32(25,26)27)21-19(31-20)13-18(29-2)15-8-10-30-22(15)21/h4-8,10,12-13H,3,9,11H2,1-2H3/b7-5+. The molecule has 0 N–H and O–H groups in total. The van der Waals surface area contributed by atoms with Crippen molar-refractivity contribution in [3.63, 3.8) is 0 Å². The number of thiazole rings is 1. The number of thiophene rings is 1. The van der Waals surface area contributed by atoms with Crippen molar-refractivity contribution in [2.45, 2.75) is 13.0 Å². The molecule has 0 atom stereocenters. The molecule has 0 radical (unpaired) electrons. The first kappa shape index (κ1) is 22.7. The molecule has 0 aliphatic rings. The second-order valence-corrected chi connectivity index (χ2v) is 10.5. The Morgan fingerprint density at radius 2 is 1.91 bits per heavy atom. The number of fused-ring (bicyclic) bond motifs is 3. The van der Waals surface area contributed by atoms with Crippen LogP contribution < -0.4 is 14.0 Å². The van der Waals surface area contributed by atoms with E-state index in [1.54, 1.807) is 36.7 Å². The van der Waals surface area contributed by atoms with Crippen molar-refractivity contribution in [3.05, 3.63) is 52.1 Å². The summed E-state index contributed by atoms with van der Waals surface area (Å²) >= 11 is 3.09. The third-order valence-electron chi connectivity index (χ3n) is 4.98. The first-order valence-electron chi connectivity index (χ1n) is 9.66. The van der Waals surface area contributed by atoms with Gasteiger partial charge in [0.15, 0.2) is 18.1 Å². The molecule has 0 bridgehead atoms. The largest absolute Gasteiger partial charge is 0.748 e. The highest BCUT2D eigenvalue weighted by Gasteiger charge is 2.24. The minimum Gasteiger partial charge on any atom is -0.748 e. The summed E-state index contributed by atoms with van der Waals surface area (Å²) in [6.45, 7) is 0.359. The van der Waals surface area contributed by atoms with Crippen LogP contribution in [-0.2, 0) is 16.7 Å². The molecule has 0 spiro atoms. The zero-order valence-corrected chi connectivity index (χ0v) is 19.8. The Morgan fingerprint density at radius 3 is 2.59 bits per heavy atom. The Balaban J connectivity index is 1.81. The minimum absolute atomic E-state index is 0.171. The van der Waals surface area contributed by atoms with Crippen LogP contribution in [0.1, 0.15) is 17.0 Å². The molecule has 10 heteroatoms. The van der Waals surface area contributed by atoms with E-state index in [4.69, 9.17) is 9.47 Å². The molecule has 4 aromatic rings. The van der Waals surface area contributed by atoms with E-state index in [9.17, 15) is 17.4 Å². The maximum absolute atomic E-state index is 14.1. The molecule has 0 saturated carbocycles. The van der Waals surface area contributed by atoms with Gasteiger partial charge in [-0.15, -0.1) is 11.3 Å². The number of rotatable bonds is 8. The number of benzene rings is 2. The van der Waals surface area contributed by atoms with E-state index >= 15 is 0 Å². The van der Waals surface area contributed by atoms with Gasteiger partial charge in [0.25, 0.3) is 5.01 Å². The highest BCUT2D eigenvalue weighted by Crippen LogP contribution is 2.38. The van der Waals surface area contributed by atoms with Gasteiger partial charge in [0.2, 0.25) is 5.52 Å². The van der Waals surface area contributed by atoms with Crippen LogP contribution in [0.2, 0.25) is 0 Å². The lowest BCUT2D eigenvalue weighted by Crippen LogP contribution is -2.36. The van der Waals surface area contributed by atoms with Crippen LogP contribution >= 0.6 is 22.7 Å². The normalized spacial score (nSPS) is 12.2. The molecule has 2 heterocycles. The van der Waals surface area contributed by atoms with Crippen molar-refractivity contribution in [1.82, 2.24) is 0 Å². The lowest BCUT2D eigenvalue weighted by Gasteiger charge is -2.05. The smallest absolute Gasteiger partial charge is 0.262 e.